The third-order valence-corrected chi connectivity index (χ3v) is 6.18. The van der Waals surface area contributed by atoms with E-state index in [-0.39, 0.29) is 11.5 Å². The standard InChI is InChI=1S/C25H25ClN6O5/c26-19-4-7-22(32-15-27-30-31-32)18(14-19)3-8-23(33)29-21(13-16-9-11-37-12-10-16)24(34)28-20-5-1-17(2-6-20)25(35)36/h1-8,14-16,21H,9-13H2,(H,28,34)(H,29,33)(H,35,36)/b8-3+/t21-/m0/s1. The molecule has 0 saturated carbocycles. The van der Waals surface area contributed by atoms with Crippen molar-refractivity contribution in [2.45, 2.75) is 25.3 Å². The van der Waals surface area contributed by atoms with Crippen molar-refractivity contribution in [1.29, 1.82) is 0 Å². The van der Waals surface area contributed by atoms with E-state index in [1.807, 2.05) is 0 Å². The summed E-state index contributed by atoms with van der Waals surface area (Å²) in [6, 6.07) is 10.1. The van der Waals surface area contributed by atoms with E-state index in [2.05, 4.69) is 26.2 Å². The predicted octanol–water partition coefficient (Wildman–Crippen LogP) is 2.97. The molecule has 192 valence electrons. The number of carbonyl (C=O) groups is 3. The Morgan fingerprint density at radius 2 is 1.92 bits per heavy atom. The number of hydrogen-bond acceptors (Lipinski definition) is 7. The van der Waals surface area contributed by atoms with Crippen molar-refractivity contribution in [2.75, 3.05) is 18.5 Å². The Bertz CT molecular complexity index is 1270. The van der Waals surface area contributed by atoms with Crippen molar-refractivity contribution in [3.05, 3.63) is 71.0 Å². The Kier molecular flexibility index (Phi) is 8.60. The number of tetrazole rings is 1. The van der Waals surface area contributed by atoms with Crippen LogP contribution in [0.3, 0.4) is 0 Å². The second kappa shape index (κ2) is 12.2. The molecular formula is C25H25ClN6O5. The SMILES string of the molecule is O=C(/C=C/c1cc(Cl)ccc1-n1cnnn1)N[C@@H](CC1CCOCC1)C(=O)Nc1ccc(C(=O)O)cc1. The normalized spacial score (nSPS) is 14.8. The zero-order valence-corrected chi connectivity index (χ0v) is 20.5. The molecule has 1 saturated heterocycles. The summed E-state index contributed by atoms with van der Waals surface area (Å²) in [5.41, 5.74) is 1.78. The summed E-state index contributed by atoms with van der Waals surface area (Å²) in [7, 11) is 0. The third kappa shape index (κ3) is 7.21. The van der Waals surface area contributed by atoms with Crippen LogP contribution in [0, 0.1) is 5.92 Å². The molecule has 0 bridgehead atoms. The number of rotatable bonds is 9. The van der Waals surface area contributed by atoms with Crippen LogP contribution in [0.25, 0.3) is 11.8 Å². The average molecular weight is 525 g/mol. The monoisotopic (exact) mass is 524 g/mol. The fraction of sp³-hybridized carbons (Fsp3) is 0.280. The van der Waals surface area contributed by atoms with E-state index < -0.39 is 23.8 Å². The lowest BCUT2D eigenvalue weighted by Gasteiger charge is -2.26. The van der Waals surface area contributed by atoms with Gasteiger partial charge in [0.05, 0.1) is 11.3 Å². The molecule has 12 heteroatoms. The van der Waals surface area contributed by atoms with Gasteiger partial charge in [0.25, 0.3) is 0 Å². The molecule has 0 unspecified atom stereocenters. The summed E-state index contributed by atoms with van der Waals surface area (Å²) in [6.07, 6.45) is 6.35. The molecule has 2 heterocycles. The quantitative estimate of drug-likeness (QED) is 0.362. The van der Waals surface area contributed by atoms with E-state index in [0.717, 1.165) is 12.8 Å². The second-order valence-corrected chi connectivity index (χ2v) is 8.95. The minimum absolute atomic E-state index is 0.109. The van der Waals surface area contributed by atoms with Crippen LogP contribution >= 0.6 is 11.6 Å². The largest absolute Gasteiger partial charge is 0.478 e. The van der Waals surface area contributed by atoms with Gasteiger partial charge in [-0.25, -0.2) is 4.79 Å². The molecule has 3 aromatic rings. The van der Waals surface area contributed by atoms with Gasteiger partial charge in [-0.2, -0.15) is 4.68 Å². The lowest BCUT2D eigenvalue weighted by molar-refractivity contribution is -0.124. The molecule has 1 atom stereocenters. The van der Waals surface area contributed by atoms with E-state index in [1.54, 1.807) is 24.3 Å². The molecule has 2 amide bonds. The number of hydrogen-bond donors (Lipinski definition) is 3. The van der Waals surface area contributed by atoms with E-state index >= 15 is 0 Å². The Hall–Kier alpha value is -4.09. The summed E-state index contributed by atoms with van der Waals surface area (Å²) < 4.78 is 6.86. The maximum Gasteiger partial charge on any atom is 0.335 e. The first-order valence-electron chi connectivity index (χ1n) is 11.6. The summed E-state index contributed by atoms with van der Waals surface area (Å²) in [5.74, 6) is -1.70. The molecule has 1 aromatic heterocycles. The molecule has 11 nitrogen and oxygen atoms in total. The Balaban J connectivity index is 1.48. The van der Waals surface area contributed by atoms with Crippen LogP contribution in [-0.4, -0.2) is 62.4 Å². The van der Waals surface area contributed by atoms with Gasteiger partial charge in [0.15, 0.2) is 0 Å². The van der Waals surface area contributed by atoms with E-state index in [0.29, 0.717) is 41.6 Å². The number of benzene rings is 2. The van der Waals surface area contributed by atoms with E-state index in [4.69, 9.17) is 21.4 Å². The first-order chi connectivity index (χ1) is 17.9. The van der Waals surface area contributed by atoms with Gasteiger partial charge in [-0.3, -0.25) is 9.59 Å². The lowest BCUT2D eigenvalue weighted by Crippen LogP contribution is -2.44. The van der Waals surface area contributed by atoms with Gasteiger partial charge in [-0.15, -0.1) is 5.10 Å². The van der Waals surface area contributed by atoms with Crippen LogP contribution in [0.4, 0.5) is 5.69 Å². The molecule has 37 heavy (non-hydrogen) atoms. The van der Waals surface area contributed by atoms with Crippen LogP contribution in [0.15, 0.2) is 54.9 Å². The van der Waals surface area contributed by atoms with Crippen LogP contribution in [0.2, 0.25) is 5.02 Å². The minimum atomic E-state index is -1.06. The average Bonchev–Trinajstić information content (AvgIpc) is 3.43. The zero-order valence-electron chi connectivity index (χ0n) is 19.7. The number of nitrogens with one attached hydrogen (secondary N) is 2. The van der Waals surface area contributed by atoms with Crippen molar-refractivity contribution in [2.24, 2.45) is 5.92 Å². The van der Waals surface area contributed by atoms with Crippen molar-refractivity contribution < 1.29 is 24.2 Å². The number of ether oxygens (including phenoxy) is 1. The zero-order chi connectivity index (χ0) is 26.2. The van der Waals surface area contributed by atoms with E-state index in [9.17, 15) is 14.4 Å². The van der Waals surface area contributed by atoms with Gasteiger partial charge < -0.3 is 20.5 Å². The van der Waals surface area contributed by atoms with Crippen molar-refractivity contribution in [3.8, 4) is 5.69 Å². The highest BCUT2D eigenvalue weighted by Gasteiger charge is 2.26. The number of amides is 2. The summed E-state index contributed by atoms with van der Waals surface area (Å²) in [5, 5.41) is 26.3. The number of anilines is 1. The van der Waals surface area contributed by atoms with Gasteiger partial charge in [-0.1, -0.05) is 11.6 Å². The maximum absolute atomic E-state index is 13.1. The first kappa shape index (κ1) is 26.0. The van der Waals surface area contributed by atoms with Crippen LogP contribution in [-0.2, 0) is 14.3 Å². The highest BCUT2D eigenvalue weighted by atomic mass is 35.5. The molecule has 1 aliphatic rings. The Labute approximate surface area is 217 Å². The summed E-state index contributed by atoms with van der Waals surface area (Å²) in [4.78, 5) is 37.1. The van der Waals surface area contributed by atoms with Crippen LogP contribution in [0.1, 0.15) is 35.2 Å². The summed E-state index contributed by atoms with van der Waals surface area (Å²) in [6.45, 7) is 1.22. The molecule has 1 fully saturated rings. The van der Waals surface area contributed by atoms with Gasteiger partial charge in [0, 0.05) is 35.6 Å². The third-order valence-electron chi connectivity index (χ3n) is 5.94. The smallest absolute Gasteiger partial charge is 0.335 e. The number of halogens is 1. The number of carboxylic acid groups (broad SMARTS) is 1. The minimum Gasteiger partial charge on any atom is -0.478 e. The van der Waals surface area contributed by atoms with Crippen LogP contribution in [0.5, 0.6) is 0 Å². The number of carbonyl (C=O) groups excluding carboxylic acids is 2. The molecule has 2 aromatic carbocycles. The van der Waals surface area contributed by atoms with Gasteiger partial charge >= 0.3 is 5.97 Å². The van der Waals surface area contributed by atoms with Crippen molar-refractivity contribution >= 4 is 41.1 Å². The molecule has 4 rings (SSSR count). The molecule has 1 aliphatic heterocycles. The second-order valence-electron chi connectivity index (χ2n) is 8.52. The van der Waals surface area contributed by atoms with Gasteiger partial charge in [-0.05, 0) is 84.1 Å². The van der Waals surface area contributed by atoms with Gasteiger partial charge in [0.2, 0.25) is 11.8 Å². The maximum atomic E-state index is 13.1. The molecule has 0 spiro atoms. The highest BCUT2D eigenvalue weighted by Crippen LogP contribution is 2.22. The number of carboxylic acids is 1. The topological polar surface area (TPSA) is 148 Å². The van der Waals surface area contributed by atoms with Crippen molar-refractivity contribution in [3.63, 3.8) is 0 Å². The fourth-order valence-electron chi connectivity index (χ4n) is 4.00. The number of aromatic carboxylic acids is 1. The van der Waals surface area contributed by atoms with Crippen molar-refractivity contribution in [1.82, 2.24) is 25.5 Å². The first-order valence-corrected chi connectivity index (χ1v) is 12.0. The van der Waals surface area contributed by atoms with E-state index in [1.165, 1.54) is 41.4 Å². The number of aromatic nitrogens is 4. The molecule has 3 N–H and O–H groups in total. The van der Waals surface area contributed by atoms with Crippen LogP contribution < -0.4 is 10.6 Å². The summed E-state index contributed by atoms with van der Waals surface area (Å²) >= 11 is 6.14. The highest BCUT2D eigenvalue weighted by molar-refractivity contribution is 6.30. The molecule has 0 radical (unpaired) electrons. The molecule has 0 aliphatic carbocycles. The fourth-order valence-corrected chi connectivity index (χ4v) is 4.18. The van der Waals surface area contributed by atoms with Gasteiger partial charge in [0.1, 0.15) is 12.4 Å². The lowest BCUT2D eigenvalue weighted by atomic mass is 9.92. The number of nitrogens with zero attached hydrogens (tertiary/aromatic N) is 4. The molecular weight excluding hydrogens is 500 g/mol. The Morgan fingerprint density at radius 3 is 2.59 bits per heavy atom. The predicted molar refractivity (Wildman–Crippen MR) is 135 cm³/mol. The Morgan fingerprint density at radius 1 is 1.16 bits per heavy atom.